The van der Waals surface area contributed by atoms with Crippen LogP contribution in [0.25, 0.3) is 10.9 Å². The second kappa shape index (κ2) is 7.84. The first-order chi connectivity index (χ1) is 13.7. The molecule has 0 atom stereocenters. The van der Waals surface area contributed by atoms with Gasteiger partial charge in [-0.2, -0.15) is 0 Å². The van der Waals surface area contributed by atoms with Gasteiger partial charge in [0.05, 0.1) is 23.6 Å². The number of aryl methyl sites for hydroxylation is 1. The second-order valence-corrected chi connectivity index (χ2v) is 6.30. The van der Waals surface area contributed by atoms with Gasteiger partial charge in [0.15, 0.2) is 0 Å². The number of fused-ring (bicyclic) bond motifs is 1. The molecule has 6 heteroatoms. The van der Waals surface area contributed by atoms with Gasteiger partial charge in [0, 0.05) is 17.3 Å². The van der Waals surface area contributed by atoms with Crippen molar-refractivity contribution >= 4 is 34.0 Å². The molecule has 1 amide bonds. The highest BCUT2D eigenvalue weighted by Gasteiger charge is 2.09. The molecule has 28 heavy (non-hydrogen) atoms. The van der Waals surface area contributed by atoms with Crippen LogP contribution >= 0.6 is 0 Å². The van der Waals surface area contributed by atoms with Crippen LogP contribution in [0, 0.1) is 0 Å². The number of hydrogen-bond donors (Lipinski definition) is 2. The van der Waals surface area contributed by atoms with E-state index in [1.807, 2.05) is 54.6 Å². The summed E-state index contributed by atoms with van der Waals surface area (Å²) in [6, 6.07) is 17.5. The average molecular weight is 369 g/mol. The number of benzene rings is 2. The first kappa shape index (κ1) is 17.6. The largest absolute Gasteiger partial charge is 0.337 e. The van der Waals surface area contributed by atoms with Crippen molar-refractivity contribution in [2.45, 2.75) is 13.3 Å². The Balaban J connectivity index is 1.47. The minimum Gasteiger partial charge on any atom is -0.337 e. The van der Waals surface area contributed by atoms with Crippen LogP contribution in [0.1, 0.15) is 23.0 Å². The van der Waals surface area contributed by atoms with Crippen molar-refractivity contribution in [3.8, 4) is 0 Å². The molecule has 0 bridgehead atoms. The van der Waals surface area contributed by atoms with E-state index in [0.29, 0.717) is 5.82 Å². The number of hydrogen-bond acceptors (Lipinski definition) is 5. The summed E-state index contributed by atoms with van der Waals surface area (Å²) < 4.78 is 0. The van der Waals surface area contributed by atoms with Crippen LogP contribution in [0.15, 0.2) is 73.2 Å². The Kier molecular flexibility index (Phi) is 4.93. The number of nitrogens with zero attached hydrogens (tertiary/aromatic N) is 3. The summed E-state index contributed by atoms with van der Waals surface area (Å²) in [6.45, 7) is 2.09. The highest BCUT2D eigenvalue weighted by molar-refractivity contribution is 6.02. The van der Waals surface area contributed by atoms with Gasteiger partial charge < -0.3 is 10.6 Å². The fourth-order valence-electron chi connectivity index (χ4n) is 2.87. The van der Waals surface area contributed by atoms with Crippen LogP contribution in [0.2, 0.25) is 0 Å². The summed E-state index contributed by atoms with van der Waals surface area (Å²) in [5.41, 5.74) is 3.88. The summed E-state index contributed by atoms with van der Waals surface area (Å²) in [7, 11) is 0. The maximum atomic E-state index is 12.4. The third kappa shape index (κ3) is 3.81. The minimum atomic E-state index is -0.296. The Labute approximate surface area is 162 Å². The lowest BCUT2D eigenvalue weighted by atomic mass is 10.1. The van der Waals surface area contributed by atoms with Gasteiger partial charge in [-0.1, -0.05) is 37.3 Å². The van der Waals surface area contributed by atoms with Gasteiger partial charge in [-0.15, -0.1) is 0 Å². The molecule has 0 saturated carbocycles. The van der Waals surface area contributed by atoms with Crippen molar-refractivity contribution in [3.63, 3.8) is 0 Å². The monoisotopic (exact) mass is 369 g/mol. The lowest BCUT2D eigenvalue weighted by molar-refractivity contribution is 0.102. The molecular weight excluding hydrogens is 350 g/mol. The molecule has 0 saturated heterocycles. The molecule has 2 aromatic carbocycles. The molecule has 2 aromatic heterocycles. The molecule has 0 aliphatic rings. The Morgan fingerprint density at radius 1 is 0.929 bits per heavy atom. The predicted molar refractivity (Wildman–Crippen MR) is 111 cm³/mol. The zero-order valence-electron chi connectivity index (χ0n) is 15.4. The van der Waals surface area contributed by atoms with Gasteiger partial charge in [-0.05, 0) is 36.2 Å². The van der Waals surface area contributed by atoms with Crippen LogP contribution in [-0.2, 0) is 6.42 Å². The molecule has 2 N–H and O–H groups in total. The number of para-hydroxylation sites is 1. The zero-order chi connectivity index (χ0) is 19.3. The van der Waals surface area contributed by atoms with E-state index in [9.17, 15) is 4.79 Å². The third-order valence-electron chi connectivity index (χ3n) is 4.40. The molecule has 0 fully saturated rings. The van der Waals surface area contributed by atoms with Gasteiger partial charge in [0.2, 0.25) is 0 Å². The van der Waals surface area contributed by atoms with Crippen molar-refractivity contribution in [1.82, 2.24) is 15.0 Å². The average Bonchev–Trinajstić information content (AvgIpc) is 2.75. The molecular formula is C22H19N5O. The number of amides is 1. The van der Waals surface area contributed by atoms with E-state index in [1.54, 1.807) is 6.20 Å². The number of nitrogens with one attached hydrogen (secondary N) is 2. The first-order valence-corrected chi connectivity index (χ1v) is 9.06. The Hall–Kier alpha value is -3.80. The van der Waals surface area contributed by atoms with Crippen LogP contribution < -0.4 is 10.6 Å². The lowest BCUT2D eigenvalue weighted by Gasteiger charge is -2.09. The van der Waals surface area contributed by atoms with E-state index in [-0.39, 0.29) is 11.6 Å². The van der Waals surface area contributed by atoms with Crippen LogP contribution in [0.4, 0.5) is 17.2 Å². The maximum absolute atomic E-state index is 12.4. The lowest BCUT2D eigenvalue weighted by Crippen LogP contribution is -2.14. The fraction of sp³-hybridized carbons (Fsp3) is 0.0909. The molecule has 138 valence electrons. The van der Waals surface area contributed by atoms with Crippen LogP contribution in [-0.4, -0.2) is 20.9 Å². The van der Waals surface area contributed by atoms with E-state index >= 15 is 0 Å². The SMILES string of the molecule is CCc1ccc(NC(=O)c2cnc(Nc3cccc4cccnc34)cn2)cc1. The summed E-state index contributed by atoms with van der Waals surface area (Å²) in [5.74, 6) is 0.247. The Bertz CT molecular complexity index is 1100. The van der Waals surface area contributed by atoms with E-state index in [2.05, 4.69) is 32.5 Å². The van der Waals surface area contributed by atoms with Crippen molar-refractivity contribution in [1.29, 1.82) is 0 Å². The van der Waals surface area contributed by atoms with Gasteiger partial charge in [0.25, 0.3) is 5.91 Å². The Morgan fingerprint density at radius 3 is 2.50 bits per heavy atom. The second-order valence-electron chi connectivity index (χ2n) is 6.30. The van der Waals surface area contributed by atoms with Crippen molar-refractivity contribution in [2.75, 3.05) is 10.6 Å². The summed E-state index contributed by atoms with van der Waals surface area (Å²) in [6.07, 6.45) is 5.70. The minimum absolute atomic E-state index is 0.251. The number of rotatable bonds is 5. The third-order valence-corrected chi connectivity index (χ3v) is 4.40. The smallest absolute Gasteiger partial charge is 0.275 e. The fourth-order valence-corrected chi connectivity index (χ4v) is 2.87. The van der Waals surface area contributed by atoms with E-state index in [1.165, 1.54) is 18.0 Å². The molecule has 6 nitrogen and oxygen atoms in total. The van der Waals surface area contributed by atoms with Gasteiger partial charge in [-0.25, -0.2) is 9.97 Å². The first-order valence-electron chi connectivity index (χ1n) is 9.06. The standard InChI is InChI=1S/C22H19N5O/c1-2-15-8-10-17(11-9-15)26-22(28)19-13-25-20(14-24-19)27-18-7-3-5-16-6-4-12-23-21(16)18/h3-14H,2H2,1H3,(H,25,27)(H,26,28). The number of pyridine rings is 1. The number of aromatic nitrogens is 3. The zero-order valence-corrected chi connectivity index (χ0v) is 15.4. The number of carbonyl (C=O) groups is 1. The maximum Gasteiger partial charge on any atom is 0.275 e. The van der Waals surface area contributed by atoms with Gasteiger partial charge in [0.1, 0.15) is 11.5 Å². The molecule has 0 spiro atoms. The molecule has 0 unspecified atom stereocenters. The highest BCUT2D eigenvalue weighted by atomic mass is 16.1. The number of carbonyl (C=O) groups excluding carboxylic acids is 1. The normalized spacial score (nSPS) is 10.6. The predicted octanol–water partition coefficient (Wildman–Crippen LogP) is 4.58. The molecule has 4 rings (SSSR count). The summed E-state index contributed by atoms with van der Waals surface area (Å²) >= 11 is 0. The summed E-state index contributed by atoms with van der Waals surface area (Å²) in [4.78, 5) is 25.3. The molecule has 0 aliphatic heterocycles. The quantitative estimate of drug-likeness (QED) is 0.538. The molecule has 0 aliphatic carbocycles. The molecule has 4 aromatic rings. The van der Waals surface area contributed by atoms with E-state index in [0.717, 1.165) is 28.7 Å². The van der Waals surface area contributed by atoms with Crippen LogP contribution in [0.5, 0.6) is 0 Å². The molecule has 0 radical (unpaired) electrons. The Morgan fingerprint density at radius 2 is 1.75 bits per heavy atom. The van der Waals surface area contributed by atoms with E-state index < -0.39 is 0 Å². The van der Waals surface area contributed by atoms with Crippen molar-refractivity contribution < 1.29 is 4.79 Å². The van der Waals surface area contributed by atoms with Crippen molar-refractivity contribution in [2.24, 2.45) is 0 Å². The van der Waals surface area contributed by atoms with E-state index in [4.69, 9.17) is 0 Å². The number of anilines is 3. The van der Waals surface area contributed by atoms with Crippen LogP contribution in [0.3, 0.4) is 0 Å². The van der Waals surface area contributed by atoms with Gasteiger partial charge >= 0.3 is 0 Å². The highest BCUT2D eigenvalue weighted by Crippen LogP contribution is 2.23. The molecule has 2 heterocycles. The summed E-state index contributed by atoms with van der Waals surface area (Å²) in [5, 5.41) is 7.07. The van der Waals surface area contributed by atoms with Gasteiger partial charge in [-0.3, -0.25) is 9.78 Å². The topological polar surface area (TPSA) is 79.8 Å². The van der Waals surface area contributed by atoms with Crippen molar-refractivity contribution in [3.05, 3.63) is 84.4 Å².